The highest BCUT2D eigenvalue weighted by atomic mass is 19.3. The highest BCUT2D eigenvalue weighted by molar-refractivity contribution is 5.14. The van der Waals surface area contributed by atoms with E-state index in [1.807, 2.05) is 4.90 Å². The molecular formula is C15H22F2N2O2. The number of alkyl halides is 2. The molecule has 2 heterocycles. The molecule has 1 saturated carbocycles. The first-order chi connectivity index (χ1) is 9.90. The minimum absolute atomic E-state index is 0.00787. The van der Waals surface area contributed by atoms with Gasteiger partial charge in [0.1, 0.15) is 0 Å². The van der Waals surface area contributed by atoms with E-state index in [2.05, 4.69) is 6.07 Å². The van der Waals surface area contributed by atoms with E-state index in [9.17, 15) is 19.1 Å². The Labute approximate surface area is 123 Å². The Morgan fingerprint density at radius 2 is 1.95 bits per heavy atom. The van der Waals surface area contributed by atoms with Gasteiger partial charge in [0, 0.05) is 32.7 Å². The fraction of sp³-hybridized carbons (Fsp3) is 0.933. The predicted octanol–water partition coefficient (Wildman–Crippen LogP) is 1.79. The number of hydrogen-bond donors (Lipinski definition) is 1. The molecule has 0 radical (unpaired) electrons. The van der Waals surface area contributed by atoms with Crippen LogP contribution in [0.4, 0.5) is 8.78 Å². The fourth-order valence-corrected chi connectivity index (χ4v) is 3.88. The largest absolute Gasteiger partial charge is 0.392 e. The van der Waals surface area contributed by atoms with Crippen LogP contribution in [0, 0.1) is 22.2 Å². The highest BCUT2D eigenvalue weighted by Crippen LogP contribution is 2.65. The fourth-order valence-electron chi connectivity index (χ4n) is 3.88. The average molecular weight is 300 g/mol. The van der Waals surface area contributed by atoms with Crippen molar-refractivity contribution in [2.75, 3.05) is 32.8 Å². The average Bonchev–Trinajstić information content (AvgIpc) is 2.77. The summed E-state index contributed by atoms with van der Waals surface area (Å²) in [6.07, 6.45) is 1.57. The van der Waals surface area contributed by atoms with Gasteiger partial charge in [0.15, 0.2) is 0 Å². The molecule has 1 N–H and O–H groups in total. The van der Waals surface area contributed by atoms with Crippen LogP contribution in [0.25, 0.3) is 0 Å². The maximum atomic E-state index is 13.3. The molecule has 21 heavy (non-hydrogen) atoms. The molecule has 0 amide bonds. The Morgan fingerprint density at radius 1 is 1.29 bits per heavy atom. The molecule has 0 bridgehead atoms. The van der Waals surface area contributed by atoms with Crippen molar-refractivity contribution in [2.45, 2.75) is 44.1 Å². The van der Waals surface area contributed by atoms with Crippen molar-refractivity contribution in [1.82, 2.24) is 4.90 Å². The van der Waals surface area contributed by atoms with Gasteiger partial charge < -0.3 is 9.84 Å². The molecule has 2 saturated heterocycles. The van der Waals surface area contributed by atoms with Gasteiger partial charge in [-0.3, -0.25) is 4.90 Å². The molecule has 0 aromatic rings. The molecular weight excluding hydrogens is 278 g/mol. The third-order valence-corrected chi connectivity index (χ3v) is 5.43. The highest BCUT2D eigenvalue weighted by Gasteiger charge is 2.72. The maximum Gasteiger partial charge on any atom is 0.255 e. The number of rotatable bonds is 4. The summed E-state index contributed by atoms with van der Waals surface area (Å²) < 4.78 is 32.0. The number of halogens is 2. The molecule has 4 nitrogen and oxygen atoms in total. The summed E-state index contributed by atoms with van der Waals surface area (Å²) in [4.78, 5) is 1.93. The minimum atomic E-state index is -2.51. The van der Waals surface area contributed by atoms with E-state index >= 15 is 0 Å². The summed E-state index contributed by atoms with van der Waals surface area (Å²) >= 11 is 0. The van der Waals surface area contributed by atoms with Crippen LogP contribution in [0.5, 0.6) is 0 Å². The van der Waals surface area contributed by atoms with E-state index in [0.29, 0.717) is 58.5 Å². The first kappa shape index (κ1) is 15.1. The van der Waals surface area contributed by atoms with E-state index in [4.69, 9.17) is 4.74 Å². The summed E-state index contributed by atoms with van der Waals surface area (Å²) in [7, 11) is 0. The second-order valence-corrected chi connectivity index (χ2v) is 7.01. The normalized spacial score (nSPS) is 35.5. The zero-order valence-electron chi connectivity index (χ0n) is 12.2. The minimum Gasteiger partial charge on any atom is -0.392 e. The van der Waals surface area contributed by atoms with E-state index in [1.54, 1.807) is 0 Å². The molecule has 2 atom stereocenters. The number of likely N-dealkylation sites (tertiary alicyclic amines) is 1. The smallest absolute Gasteiger partial charge is 0.255 e. The molecule has 3 rings (SSSR count). The third kappa shape index (κ3) is 2.79. The van der Waals surface area contributed by atoms with Gasteiger partial charge in [-0.25, -0.2) is 8.78 Å². The van der Waals surface area contributed by atoms with Gasteiger partial charge in [0.25, 0.3) is 5.92 Å². The van der Waals surface area contributed by atoms with Crippen molar-refractivity contribution in [2.24, 2.45) is 10.8 Å². The molecule has 3 aliphatic rings. The van der Waals surface area contributed by atoms with E-state index in [-0.39, 0.29) is 6.42 Å². The lowest BCUT2D eigenvalue weighted by Crippen LogP contribution is -2.37. The van der Waals surface area contributed by atoms with Gasteiger partial charge in [-0.1, -0.05) is 0 Å². The van der Waals surface area contributed by atoms with Crippen LogP contribution >= 0.6 is 0 Å². The number of nitriles is 1. The molecule has 0 aromatic heterocycles. The summed E-state index contributed by atoms with van der Waals surface area (Å²) in [5, 5.41) is 19.6. The van der Waals surface area contributed by atoms with Gasteiger partial charge >= 0.3 is 0 Å². The monoisotopic (exact) mass is 300 g/mol. The number of ether oxygens (including phenoxy) is 1. The summed E-state index contributed by atoms with van der Waals surface area (Å²) in [5.74, 6) is -2.51. The van der Waals surface area contributed by atoms with Crippen molar-refractivity contribution < 1.29 is 18.6 Å². The van der Waals surface area contributed by atoms with E-state index in [1.165, 1.54) is 0 Å². The lowest BCUT2D eigenvalue weighted by Gasteiger charge is -2.33. The molecule has 2 aliphatic heterocycles. The van der Waals surface area contributed by atoms with Crippen LogP contribution in [0.1, 0.15) is 32.1 Å². The van der Waals surface area contributed by atoms with Gasteiger partial charge in [-0.15, -0.1) is 0 Å². The second kappa shape index (κ2) is 5.15. The van der Waals surface area contributed by atoms with Gasteiger partial charge in [-0.2, -0.15) is 5.26 Å². The Morgan fingerprint density at radius 3 is 2.48 bits per heavy atom. The summed E-state index contributed by atoms with van der Waals surface area (Å²) in [5.41, 5.74) is -1.34. The van der Waals surface area contributed by atoms with Crippen molar-refractivity contribution in [1.29, 1.82) is 5.26 Å². The van der Waals surface area contributed by atoms with Crippen molar-refractivity contribution in [3.8, 4) is 6.07 Å². The lowest BCUT2D eigenvalue weighted by molar-refractivity contribution is 0.00648. The Kier molecular flexibility index (Phi) is 3.71. The standard InChI is InChI=1S/C15H22F2N2O2/c16-15(17)9-14(15)1-4-19(11-14)8-12(20)7-13(10-18)2-5-21-6-3-13/h12,20H,1-9,11H2. The Balaban J connectivity index is 1.51. The first-order valence-electron chi connectivity index (χ1n) is 7.68. The number of nitrogens with zero attached hydrogens (tertiary/aromatic N) is 2. The maximum absolute atomic E-state index is 13.3. The van der Waals surface area contributed by atoms with Crippen LogP contribution in [0.15, 0.2) is 0 Å². The summed E-state index contributed by atoms with van der Waals surface area (Å²) in [6.45, 7) is 2.50. The van der Waals surface area contributed by atoms with E-state index < -0.39 is 22.9 Å². The van der Waals surface area contributed by atoms with Gasteiger partial charge in [0.2, 0.25) is 0 Å². The van der Waals surface area contributed by atoms with E-state index in [0.717, 1.165) is 0 Å². The van der Waals surface area contributed by atoms with Crippen molar-refractivity contribution >= 4 is 0 Å². The predicted molar refractivity (Wildman–Crippen MR) is 71.8 cm³/mol. The molecule has 0 aromatic carbocycles. The topological polar surface area (TPSA) is 56.5 Å². The number of aliphatic hydroxyl groups is 1. The number of aliphatic hydroxyl groups excluding tert-OH is 1. The lowest BCUT2D eigenvalue weighted by atomic mass is 9.77. The van der Waals surface area contributed by atoms with Crippen LogP contribution in [-0.4, -0.2) is 54.9 Å². The molecule has 2 unspecified atom stereocenters. The van der Waals surface area contributed by atoms with Crippen LogP contribution < -0.4 is 0 Å². The van der Waals surface area contributed by atoms with Crippen molar-refractivity contribution in [3.05, 3.63) is 0 Å². The zero-order chi connectivity index (χ0) is 15.1. The summed E-state index contributed by atoms with van der Waals surface area (Å²) in [6, 6.07) is 2.34. The van der Waals surface area contributed by atoms with Crippen molar-refractivity contribution in [3.63, 3.8) is 0 Å². The van der Waals surface area contributed by atoms with Gasteiger partial charge in [-0.05, 0) is 32.2 Å². The molecule has 6 heteroatoms. The Hall–Kier alpha value is -0.770. The Bertz CT molecular complexity index is 445. The quantitative estimate of drug-likeness (QED) is 0.860. The number of β-amino-alcohol motifs (C(OH)–C–C–N with tert-alkyl or cyclic N) is 1. The molecule has 1 aliphatic carbocycles. The molecule has 118 valence electrons. The number of hydrogen-bond acceptors (Lipinski definition) is 4. The molecule has 3 fully saturated rings. The zero-order valence-corrected chi connectivity index (χ0v) is 12.2. The molecule has 1 spiro atoms. The third-order valence-electron chi connectivity index (χ3n) is 5.43. The van der Waals surface area contributed by atoms with Crippen LogP contribution in [0.2, 0.25) is 0 Å². The second-order valence-electron chi connectivity index (χ2n) is 7.01. The SMILES string of the molecule is N#CC1(CC(O)CN2CCC3(C2)CC3(F)F)CCOCC1. The van der Waals surface area contributed by atoms with Gasteiger partial charge in [0.05, 0.1) is 23.0 Å². The van der Waals surface area contributed by atoms with Crippen LogP contribution in [-0.2, 0) is 4.74 Å². The van der Waals surface area contributed by atoms with Crippen LogP contribution in [0.3, 0.4) is 0 Å². The first-order valence-corrected chi connectivity index (χ1v) is 7.68.